The van der Waals surface area contributed by atoms with Gasteiger partial charge in [-0.2, -0.15) is 0 Å². The summed E-state index contributed by atoms with van der Waals surface area (Å²) in [7, 11) is 0. The molecule has 0 aliphatic carbocycles. The Kier molecular flexibility index (Phi) is 14.8. The molecule has 1 aromatic rings. The highest BCUT2D eigenvalue weighted by Gasteiger charge is 1.98. The maximum atomic E-state index is 4.62. The number of pyridine rings is 1. The largest absolute Gasteiger partial charge is 0.370 e. The molecule has 1 rings (SSSR count). The lowest BCUT2D eigenvalue weighted by atomic mass is 10.1. The summed E-state index contributed by atoms with van der Waals surface area (Å²) in [6.07, 6.45) is 6.42. The third-order valence-corrected chi connectivity index (χ3v) is 3.42. The van der Waals surface area contributed by atoms with Crippen LogP contribution in [0.25, 0.3) is 0 Å². The van der Waals surface area contributed by atoms with Gasteiger partial charge in [0.2, 0.25) is 0 Å². The van der Waals surface area contributed by atoms with E-state index in [9.17, 15) is 0 Å². The van der Waals surface area contributed by atoms with E-state index in [1.165, 1.54) is 6.42 Å². The zero-order chi connectivity index (χ0) is 16.8. The van der Waals surface area contributed by atoms with Gasteiger partial charge in [-0.25, -0.2) is 4.98 Å². The number of aromatic nitrogens is 1. The fraction of sp³-hybridized carbons (Fsp3) is 0.667. The maximum absolute atomic E-state index is 4.62. The highest BCUT2D eigenvalue weighted by atomic mass is 127. The SMILES string of the molecule is CCNC(=NCCCC(C)C)NCCCCNc1ccccn1.I. The Hall–Kier alpha value is -1.05. The number of anilines is 1. The average molecular weight is 447 g/mol. The Morgan fingerprint density at radius 2 is 1.92 bits per heavy atom. The van der Waals surface area contributed by atoms with E-state index >= 15 is 0 Å². The van der Waals surface area contributed by atoms with Crippen molar-refractivity contribution in [2.24, 2.45) is 10.9 Å². The van der Waals surface area contributed by atoms with Crippen molar-refractivity contribution in [2.75, 3.05) is 31.5 Å². The van der Waals surface area contributed by atoms with Crippen LogP contribution < -0.4 is 16.0 Å². The summed E-state index contributed by atoms with van der Waals surface area (Å²) in [5.41, 5.74) is 0. The lowest BCUT2D eigenvalue weighted by molar-refractivity contribution is 0.560. The molecule has 0 aromatic carbocycles. The minimum Gasteiger partial charge on any atom is -0.370 e. The standard InChI is InChI=1S/C18H33N5.HI/c1-4-19-18(23-15-9-10-16(2)3)22-14-8-7-13-21-17-11-5-6-12-20-17;/h5-6,11-12,16H,4,7-10,13-15H2,1-3H3,(H,20,21)(H2,19,22,23);1H. The molecule has 0 bridgehead atoms. The molecule has 0 saturated heterocycles. The topological polar surface area (TPSA) is 61.3 Å². The number of halogens is 1. The number of aliphatic imine (C=N–C) groups is 1. The number of guanidine groups is 1. The zero-order valence-electron chi connectivity index (χ0n) is 15.3. The predicted octanol–water partition coefficient (Wildman–Crippen LogP) is 3.88. The summed E-state index contributed by atoms with van der Waals surface area (Å²) in [6, 6.07) is 5.92. The van der Waals surface area contributed by atoms with E-state index in [0.717, 1.165) is 63.1 Å². The molecule has 0 radical (unpaired) electrons. The molecule has 0 atom stereocenters. The second-order valence-electron chi connectivity index (χ2n) is 6.07. The highest BCUT2D eigenvalue weighted by molar-refractivity contribution is 14.0. The van der Waals surface area contributed by atoms with Gasteiger partial charge >= 0.3 is 0 Å². The van der Waals surface area contributed by atoms with Crippen molar-refractivity contribution < 1.29 is 0 Å². The Balaban J connectivity index is 0.00000529. The van der Waals surface area contributed by atoms with Gasteiger partial charge in [-0.05, 0) is 50.7 Å². The molecular weight excluding hydrogens is 413 g/mol. The summed E-state index contributed by atoms with van der Waals surface area (Å²) in [6.45, 7) is 10.3. The summed E-state index contributed by atoms with van der Waals surface area (Å²) < 4.78 is 0. The van der Waals surface area contributed by atoms with Gasteiger partial charge < -0.3 is 16.0 Å². The molecule has 24 heavy (non-hydrogen) atoms. The molecule has 0 aliphatic heterocycles. The predicted molar refractivity (Wildman–Crippen MR) is 115 cm³/mol. The van der Waals surface area contributed by atoms with E-state index in [-0.39, 0.29) is 24.0 Å². The van der Waals surface area contributed by atoms with E-state index in [1.807, 2.05) is 24.4 Å². The van der Waals surface area contributed by atoms with Gasteiger partial charge in [-0.15, -0.1) is 24.0 Å². The van der Waals surface area contributed by atoms with E-state index < -0.39 is 0 Å². The van der Waals surface area contributed by atoms with Crippen LogP contribution in [0.2, 0.25) is 0 Å². The van der Waals surface area contributed by atoms with E-state index in [2.05, 4.69) is 46.7 Å². The molecule has 0 unspecified atom stereocenters. The first kappa shape index (κ1) is 22.9. The minimum absolute atomic E-state index is 0. The Morgan fingerprint density at radius 1 is 1.12 bits per heavy atom. The molecule has 3 N–H and O–H groups in total. The molecule has 0 spiro atoms. The van der Waals surface area contributed by atoms with Crippen LogP contribution in [0.5, 0.6) is 0 Å². The van der Waals surface area contributed by atoms with Crippen LogP contribution in [0.15, 0.2) is 29.4 Å². The molecule has 0 amide bonds. The van der Waals surface area contributed by atoms with Gasteiger partial charge in [0.05, 0.1) is 0 Å². The van der Waals surface area contributed by atoms with Gasteiger partial charge in [-0.3, -0.25) is 4.99 Å². The van der Waals surface area contributed by atoms with E-state index in [4.69, 9.17) is 0 Å². The average Bonchev–Trinajstić information content (AvgIpc) is 2.55. The Bertz CT molecular complexity index is 423. The van der Waals surface area contributed by atoms with E-state index in [1.54, 1.807) is 0 Å². The number of unbranched alkanes of at least 4 members (excludes halogenated alkanes) is 1. The second kappa shape index (κ2) is 15.5. The summed E-state index contributed by atoms with van der Waals surface area (Å²) in [4.78, 5) is 8.87. The van der Waals surface area contributed by atoms with Crippen molar-refractivity contribution in [1.29, 1.82) is 0 Å². The quantitative estimate of drug-likeness (QED) is 0.209. The van der Waals surface area contributed by atoms with E-state index in [0.29, 0.717) is 0 Å². The summed E-state index contributed by atoms with van der Waals surface area (Å²) in [5, 5.41) is 10.0. The van der Waals surface area contributed by atoms with Crippen molar-refractivity contribution in [3.8, 4) is 0 Å². The van der Waals surface area contributed by atoms with Crippen LogP contribution in [0.3, 0.4) is 0 Å². The normalized spacial score (nSPS) is 11.1. The van der Waals surface area contributed by atoms with Gasteiger partial charge in [0, 0.05) is 32.4 Å². The van der Waals surface area contributed by atoms with Crippen LogP contribution in [0.4, 0.5) is 5.82 Å². The molecule has 1 heterocycles. The van der Waals surface area contributed by atoms with Crippen molar-refractivity contribution in [1.82, 2.24) is 15.6 Å². The lowest BCUT2D eigenvalue weighted by Crippen LogP contribution is -2.38. The van der Waals surface area contributed by atoms with Crippen molar-refractivity contribution in [3.05, 3.63) is 24.4 Å². The highest BCUT2D eigenvalue weighted by Crippen LogP contribution is 2.03. The first-order chi connectivity index (χ1) is 11.2. The van der Waals surface area contributed by atoms with Crippen LogP contribution in [-0.4, -0.2) is 37.1 Å². The van der Waals surface area contributed by atoms with Gasteiger partial charge in [-0.1, -0.05) is 19.9 Å². The second-order valence-corrected chi connectivity index (χ2v) is 6.07. The molecule has 1 aromatic heterocycles. The van der Waals surface area contributed by atoms with Crippen LogP contribution >= 0.6 is 24.0 Å². The van der Waals surface area contributed by atoms with Gasteiger partial charge in [0.1, 0.15) is 5.82 Å². The van der Waals surface area contributed by atoms with Gasteiger partial charge in [0.15, 0.2) is 5.96 Å². The minimum atomic E-state index is 0. The number of rotatable bonds is 11. The van der Waals surface area contributed by atoms with Crippen molar-refractivity contribution in [2.45, 2.75) is 46.5 Å². The molecule has 6 heteroatoms. The first-order valence-electron chi connectivity index (χ1n) is 8.89. The molecule has 0 fully saturated rings. The molecule has 0 saturated carbocycles. The van der Waals surface area contributed by atoms with Crippen LogP contribution in [0, 0.1) is 5.92 Å². The number of nitrogens with one attached hydrogen (secondary N) is 3. The van der Waals surface area contributed by atoms with Crippen LogP contribution in [0.1, 0.15) is 46.5 Å². The van der Waals surface area contributed by atoms with Crippen molar-refractivity contribution in [3.63, 3.8) is 0 Å². The zero-order valence-corrected chi connectivity index (χ0v) is 17.7. The lowest BCUT2D eigenvalue weighted by Gasteiger charge is -2.11. The molecule has 138 valence electrons. The maximum Gasteiger partial charge on any atom is 0.191 e. The third-order valence-electron chi connectivity index (χ3n) is 3.42. The smallest absolute Gasteiger partial charge is 0.191 e. The number of nitrogens with zero attached hydrogens (tertiary/aromatic N) is 2. The van der Waals surface area contributed by atoms with Crippen molar-refractivity contribution >= 4 is 35.8 Å². The number of hydrogen-bond donors (Lipinski definition) is 3. The first-order valence-corrected chi connectivity index (χ1v) is 8.89. The Morgan fingerprint density at radius 3 is 2.58 bits per heavy atom. The number of hydrogen-bond acceptors (Lipinski definition) is 3. The molecular formula is C18H34IN5. The summed E-state index contributed by atoms with van der Waals surface area (Å²) in [5.74, 6) is 2.64. The van der Waals surface area contributed by atoms with Gasteiger partial charge in [0.25, 0.3) is 0 Å². The summed E-state index contributed by atoms with van der Waals surface area (Å²) >= 11 is 0. The fourth-order valence-corrected chi connectivity index (χ4v) is 2.17. The molecule has 5 nitrogen and oxygen atoms in total. The molecule has 0 aliphatic rings. The Labute approximate surface area is 164 Å². The monoisotopic (exact) mass is 447 g/mol. The third kappa shape index (κ3) is 12.4. The van der Waals surface area contributed by atoms with Crippen LogP contribution in [-0.2, 0) is 0 Å². The fourth-order valence-electron chi connectivity index (χ4n) is 2.17.